The first-order valence-electron chi connectivity index (χ1n) is 4.23. The lowest BCUT2D eigenvalue weighted by Gasteiger charge is -1.97. The van der Waals surface area contributed by atoms with Gasteiger partial charge in [-0.25, -0.2) is 0 Å². The van der Waals surface area contributed by atoms with Gasteiger partial charge in [-0.3, -0.25) is 4.99 Å². The van der Waals surface area contributed by atoms with Gasteiger partial charge in [0.25, 0.3) is 0 Å². The maximum atomic E-state index is 3.95. The average molecular weight is 175 g/mol. The van der Waals surface area contributed by atoms with Crippen molar-refractivity contribution in [1.29, 1.82) is 0 Å². The predicted molar refractivity (Wildman–Crippen MR) is 61.0 cm³/mol. The molecule has 0 aromatic carbocycles. The van der Waals surface area contributed by atoms with Gasteiger partial charge in [0.1, 0.15) is 0 Å². The Morgan fingerprint density at radius 2 is 1.77 bits per heavy atom. The van der Waals surface area contributed by atoms with Crippen molar-refractivity contribution < 1.29 is 0 Å². The van der Waals surface area contributed by atoms with Crippen molar-refractivity contribution in [3.63, 3.8) is 0 Å². The first kappa shape index (κ1) is 11.6. The summed E-state index contributed by atoms with van der Waals surface area (Å²) in [5.41, 5.74) is 3.29. The summed E-state index contributed by atoms with van der Waals surface area (Å²) in [5.74, 6) is 0. The highest BCUT2D eigenvalue weighted by molar-refractivity contribution is 5.84. The van der Waals surface area contributed by atoms with Crippen molar-refractivity contribution in [3.05, 3.63) is 48.2 Å². The highest BCUT2D eigenvalue weighted by atomic mass is 14.7. The molecule has 1 heteroatoms. The number of hydrogen-bond donors (Lipinski definition) is 0. The van der Waals surface area contributed by atoms with E-state index in [2.05, 4.69) is 32.0 Å². The molecule has 13 heavy (non-hydrogen) atoms. The van der Waals surface area contributed by atoms with Gasteiger partial charge in [-0.2, -0.15) is 0 Å². The first-order chi connectivity index (χ1) is 6.07. The number of hydrogen-bond acceptors (Lipinski definition) is 1. The largest absolute Gasteiger partial charge is 0.265 e. The van der Waals surface area contributed by atoms with Gasteiger partial charge in [0, 0.05) is 12.4 Å². The van der Waals surface area contributed by atoms with Crippen molar-refractivity contribution >= 4 is 6.21 Å². The predicted octanol–water partition coefficient (Wildman–Crippen LogP) is 3.67. The third-order valence-corrected chi connectivity index (χ3v) is 1.41. The molecule has 0 aromatic heterocycles. The van der Waals surface area contributed by atoms with Crippen LogP contribution >= 0.6 is 0 Å². The lowest BCUT2D eigenvalue weighted by Crippen LogP contribution is -1.84. The number of nitrogens with zero attached hydrogens (tertiary/aromatic N) is 1. The molecule has 0 heterocycles. The van der Waals surface area contributed by atoms with Gasteiger partial charge < -0.3 is 0 Å². The van der Waals surface area contributed by atoms with Crippen LogP contribution in [0.2, 0.25) is 0 Å². The van der Waals surface area contributed by atoms with Crippen LogP contribution in [-0.2, 0) is 0 Å². The standard InChI is InChI=1S/C12H17N/c1-6-13-9-12(11(4)5)8-7-10(2)3/h6-9H,1,4H2,2-3,5H3/b12-8-,13-9-. The van der Waals surface area contributed by atoms with Crippen LogP contribution in [0.4, 0.5) is 0 Å². The number of rotatable bonds is 4. The van der Waals surface area contributed by atoms with Crippen LogP contribution < -0.4 is 0 Å². The second kappa shape index (κ2) is 6.18. The minimum atomic E-state index is 1.00. The van der Waals surface area contributed by atoms with Gasteiger partial charge in [0.2, 0.25) is 0 Å². The number of allylic oxidation sites excluding steroid dienone is 5. The Morgan fingerprint density at radius 3 is 2.15 bits per heavy atom. The van der Waals surface area contributed by atoms with E-state index in [1.165, 1.54) is 11.8 Å². The normalized spacial score (nSPS) is 11.5. The zero-order valence-corrected chi connectivity index (χ0v) is 8.67. The van der Waals surface area contributed by atoms with Crippen molar-refractivity contribution in [2.24, 2.45) is 4.99 Å². The molecular weight excluding hydrogens is 158 g/mol. The molecule has 0 atom stereocenters. The van der Waals surface area contributed by atoms with Crippen LogP contribution in [0.15, 0.2) is 53.2 Å². The molecule has 0 spiro atoms. The topological polar surface area (TPSA) is 12.4 Å². The van der Waals surface area contributed by atoms with Crippen molar-refractivity contribution in [2.45, 2.75) is 20.8 Å². The van der Waals surface area contributed by atoms with Crippen LogP contribution in [0, 0.1) is 0 Å². The second-order valence-corrected chi connectivity index (χ2v) is 3.11. The smallest absolute Gasteiger partial charge is 0.0342 e. The molecule has 0 unspecified atom stereocenters. The van der Waals surface area contributed by atoms with Gasteiger partial charge in [0.05, 0.1) is 0 Å². The third-order valence-electron chi connectivity index (χ3n) is 1.41. The molecule has 0 aliphatic carbocycles. The fourth-order valence-corrected chi connectivity index (χ4v) is 0.685. The van der Waals surface area contributed by atoms with Gasteiger partial charge in [-0.1, -0.05) is 30.9 Å². The van der Waals surface area contributed by atoms with Crippen LogP contribution in [0.3, 0.4) is 0 Å². The Bertz CT molecular complexity index is 273. The molecule has 0 saturated heterocycles. The summed E-state index contributed by atoms with van der Waals surface area (Å²) in [6.45, 7) is 13.4. The third kappa shape index (κ3) is 5.85. The van der Waals surface area contributed by atoms with Crippen molar-refractivity contribution in [1.82, 2.24) is 0 Å². The summed E-state index contributed by atoms with van der Waals surface area (Å²) in [7, 11) is 0. The summed E-state index contributed by atoms with van der Waals surface area (Å²) in [5, 5.41) is 0. The Labute approximate surface area is 80.9 Å². The quantitative estimate of drug-likeness (QED) is 0.456. The molecule has 0 bridgehead atoms. The molecule has 70 valence electrons. The van der Waals surface area contributed by atoms with Gasteiger partial charge in [0.15, 0.2) is 0 Å². The molecule has 0 aliphatic rings. The fourth-order valence-electron chi connectivity index (χ4n) is 0.685. The highest BCUT2D eigenvalue weighted by Crippen LogP contribution is 2.05. The summed E-state index contributed by atoms with van der Waals surface area (Å²) in [6.07, 6.45) is 7.32. The lowest BCUT2D eigenvalue weighted by molar-refractivity contribution is 1.38. The monoisotopic (exact) mass is 175 g/mol. The fraction of sp³-hybridized carbons (Fsp3) is 0.250. The van der Waals surface area contributed by atoms with E-state index in [0.717, 1.165) is 11.1 Å². The van der Waals surface area contributed by atoms with Gasteiger partial charge in [-0.15, -0.1) is 0 Å². The van der Waals surface area contributed by atoms with Crippen molar-refractivity contribution in [3.8, 4) is 0 Å². The van der Waals surface area contributed by atoms with E-state index in [9.17, 15) is 0 Å². The molecule has 0 rings (SSSR count). The van der Waals surface area contributed by atoms with Crippen LogP contribution in [0.25, 0.3) is 0 Å². The minimum Gasteiger partial charge on any atom is -0.265 e. The molecule has 0 saturated carbocycles. The van der Waals surface area contributed by atoms with Gasteiger partial charge in [-0.05, 0) is 31.9 Å². The molecule has 0 aromatic rings. The summed E-state index contributed by atoms with van der Waals surface area (Å²) < 4.78 is 0. The number of aliphatic imine (C=N–C) groups is 1. The summed E-state index contributed by atoms with van der Waals surface area (Å²) >= 11 is 0. The average Bonchev–Trinajstić information content (AvgIpc) is 2.03. The van der Waals surface area contributed by atoms with E-state index in [-0.39, 0.29) is 0 Å². The van der Waals surface area contributed by atoms with Crippen LogP contribution in [0.1, 0.15) is 20.8 Å². The van der Waals surface area contributed by atoms with Gasteiger partial charge >= 0.3 is 0 Å². The Kier molecular flexibility index (Phi) is 5.53. The van der Waals surface area contributed by atoms with Crippen LogP contribution in [0.5, 0.6) is 0 Å². The lowest BCUT2D eigenvalue weighted by atomic mass is 10.1. The van der Waals surface area contributed by atoms with Crippen LogP contribution in [-0.4, -0.2) is 6.21 Å². The molecule has 0 aliphatic heterocycles. The molecule has 1 nitrogen and oxygen atoms in total. The van der Waals surface area contributed by atoms with E-state index in [4.69, 9.17) is 0 Å². The van der Waals surface area contributed by atoms with E-state index in [0.29, 0.717) is 0 Å². The minimum absolute atomic E-state index is 1.00. The second-order valence-electron chi connectivity index (χ2n) is 3.11. The summed E-state index contributed by atoms with van der Waals surface area (Å²) in [6, 6.07) is 0. The summed E-state index contributed by atoms with van der Waals surface area (Å²) in [4.78, 5) is 3.95. The highest BCUT2D eigenvalue weighted by Gasteiger charge is 1.90. The zero-order valence-electron chi connectivity index (χ0n) is 8.67. The maximum absolute atomic E-state index is 3.95. The molecule has 0 N–H and O–H groups in total. The molecular formula is C12H17N. The molecule has 0 fully saturated rings. The maximum Gasteiger partial charge on any atom is 0.0342 e. The first-order valence-corrected chi connectivity index (χ1v) is 4.23. The SMILES string of the molecule is C=C/N=C\C(=C\C=C(C)C)C(=C)C. The Morgan fingerprint density at radius 1 is 1.15 bits per heavy atom. The Hall–Kier alpha value is -1.37. The van der Waals surface area contributed by atoms with E-state index >= 15 is 0 Å². The van der Waals surface area contributed by atoms with E-state index < -0.39 is 0 Å². The zero-order chi connectivity index (χ0) is 10.3. The molecule has 0 radical (unpaired) electrons. The van der Waals surface area contributed by atoms with Crippen molar-refractivity contribution in [2.75, 3.05) is 0 Å². The van der Waals surface area contributed by atoms with E-state index in [1.807, 2.05) is 19.1 Å². The molecule has 0 amide bonds. The van der Waals surface area contributed by atoms with E-state index in [1.54, 1.807) is 6.21 Å². The Balaban J connectivity index is 4.70.